The van der Waals surface area contributed by atoms with Crippen LogP contribution in [0.25, 0.3) is 5.65 Å². The maximum Gasteiger partial charge on any atom is 0.417 e. The highest BCUT2D eigenvalue weighted by Gasteiger charge is 2.31. The molecule has 0 spiro atoms. The highest BCUT2D eigenvalue weighted by molar-refractivity contribution is 5.73. The molecule has 0 aromatic carbocycles. The van der Waals surface area contributed by atoms with Gasteiger partial charge < -0.3 is 15.7 Å². The van der Waals surface area contributed by atoms with Crippen molar-refractivity contribution in [1.82, 2.24) is 25.2 Å². The summed E-state index contributed by atoms with van der Waals surface area (Å²) in [5.41, 5.74) is -0.629. The van der Waals surface area contributed by atoms with E-state index in [0.29, 0.717) is 0 Å². The second-order valence-electron chi connectivity index (χ2n) is 4.87. The van der Waals surface area contributed by atoms with E-state index in [0.717, 1.165) is 16.7 Å². The van der Waals surface area contributed by atoms with E-state index >= 15 is 0 Å². The Balaban J connectivity index is 1.95. The molecule has 130 valence electrons. The van der Waals surface area contributed by atoms with Gasteiger partial charge in [-0.2, -0.15) is 13.2 Å². The molecule has 0 aliphatic carbocycles. The summed E-state index contributed by atoms with van der Waals surface area (Å²) in [6.07, 6.45) is -3.44. The zero-order valence-corrected chi connectivity index (χ0v) is 12.3. The average molecular weight is 345 g/mol. The topological polar surface area (TPSA) is 109 Å². The Morgan fingerprint density at radius 1 is 1.21 bits per heavy atom. The fourth-order valence-corrected chi connectivity index (χ4v) is 1.89. The molecule has 0 atom stereocenters. The van der Waals surface area contributed by atoms with Crippen molar-refractivity contribution < 1.29 is 27.9 Å². The van der Waals surface area contributed by atoms with E-state index in [1.165, 1.54) is 6.07 Å². The number of rotatable bonds is 6. The van der Waals surface area contributed by atoms with Crippen LogP contribution in [-0.2, 0) is 17.5 Å². The van der Waals surface area contributed by atoms with E-state index in [-0.39, 0.29) is 37.4 Å². The summed E-state index contributed by atoms with van der Waals surface area (Å²) in [6, 6.07) is 1.51. The van der Waals surface area contributed by atoms with Gasteiger partial charge in [0.25, 0.3) is 0 Å². The first kappa shape index (κ1) is 17.5. The van der Waals surface area contributed by atoms with Crippen LogP contribution in [0, 0.1) is 0 Å². The van der Waals surface area contributed by atoms with Gasteiger partial charge >= 0.3 is 18.2 Å². The molecule has 2 amide bonds. The van der Waals surface area contributed by atoms with Crippen molar-refractivity contribution in [3.8, 4) is 0 Å². The smallest absolute Gasteiger partial charge is 0.417 e. The number of alkyl halides is 3. The van der Waals surface area contributed by atoms with Gasteiger partial charge in [-0.1, -0.05) is 0 Å². The lowest BCUT2D eigenvalue weighted by molar-refractivity contribution is -0.138. The largest absolute Gasteiger partial charge is 0.481 e. The minimum atomic E-state index is -4.50. The second kappa shape index (κ2) is 7.15. The summed E-state index contributed by atoms with van der Waals surface area (Å²) in [6.45, 7) is 0.0319. The Kier molecular flexibility index (Phi) is 5.21. The number of nitrogens with zero attached hydrogens (tertiary/aromatic N) is 3. The minimum Gasteiger partial charge on any atom is -0.481 e. The Morgan fingerprint density at radius 2 is 1.96 bits per heavy atom. The van der Waals surface area contributed by atoms with Gasteiger partial charge in [0.15, 0.2) is 11.5 Å². The van der Waals surface area contributed by atoms with Crippen LogP contribution in [0.1, 0.15) is 24.2 Å². The van der Waals surface area contributed by atoms with Crippen molar-refractivity contribution in [2.75, 3.05) is 6.54 Å². The van der Waals surface area contributed by atoms with E-state index in [1.54, 1.807) is 0 Å². The number of amides is 2. The van der Waals surface area contributed by atoms with Gasteiger partial charge in [-0.05, 0) is 18.6 Å². The summed E-state index contributed by atoms with van der Waals surface area (Å²) >= 11 is 0. The number of halogens is 3. The molecule has 0 saturated carbocycles. The number of pyridine rings is 1. The first-order valence-corrected chi connectivity index (χ1v) is 6.92. The maximum absolute atomic E-state index is 12.7. The third-order valence-electron chi connectivity index (χ3n) is 3.06. The molecule has 3 N–H and O–H groups in total. The van der Waals surface area contributed by atoms with Crippen LogP contribution >= 0.6 is 0 Å². The van der Waals surface area contributed by atoms with Gasteiger partial charge in [-0.15, -0.1) is 10.2 Å². The lowest BCUT2D eigenvalue weighted by Gasteiger charge is -2.08. The number of carbonyl (C=O) groups is 2. The van der Waals surface area contributed by atoms with Gasteiger partial charge in [0.1, 0.15) is 0 Å². The number of carbonyl (C=O) groups excluding carboxylic acids is 1. The summed E-state index contributed by atoms with van der Waals surface area (Å²) < 4.78 is 39.3. The molecule has 0 aliphatic rings. The van der Waals surface area contributed by atoms with E-state index in [1.807, 2.05) is 0 Å². The van der Waals surface area contributed by atoms with Gasteiger partial charge in [0.2, 0.25) is 0 Å². The molecule has 0 aliphatic heterocycles. The Morgan fingerprint density at radius 3 is 2.62 bits per heavy atom. The maximum atomic E-state index is 12.7. The number of nitrogens with one attached hydrogen (secondary N) is 2. The van der Waals surface area contributed by atoms with Crippen LogP contribution in [0.15, 0.2) is 18.3 Å². The molecule has 11 heteroatoms. The third kappa shape index (κ3) is 4.57. The third-order valence-corrected chi connectivity index (χ3v) is 3.06. The molecular weight excluding hydrogens is 331 g/mol. The van der Waals surface area contributed by atoms with Crippen molar-refractivity contribution >= 4 is 17.6 Å². The van der Waals surface area contributed by atoms with Crippen molar-refractivity contribution in [3.63, 3.8) is 0 Å². The van der Waals surface area contributed by atoms with Crippen LogP contribution in [-0.4, -0.2) is 38.2 Å². The molecule has 0 unspecified atom stereocenters. The van der Waals surface area contributed by atoms with E-state index in [2.05, 4.69) is 20.8 Å². The lowest BCUT2D eigenvalue weighted by atomic mass is 10.3. The molecule has 0 bridgehead atoms. The van der Waals surface area contributed by atoms with Crippen LogP contribution in [0.2, 0.25) is 0 Å². The zero-order valence-electron chi connectivity index (χ0n) is 12.3. The number of carboxylic acid groups (broad SMARTS) is 1. The minimum absolute atomic E-state index is 0.0741. The molecule has 8 nitrogen and oxygen atoms in total. The number of hydrogen-bond donors (Lipinski definition) is 3. The molecule has 0 fully saturated rings. The van der Waals surface area contributed by atoms with E-state index in [4.69, 9.17) is 5.11 Å². The summed E-state index contributed by atoms with van der Waals surface area (Å²) in [5.74, 6) is -0.829. The van der Waals surface area contributed by atoms with Crippen LogP contribution in [0.5, 0.6) is 0 Å². The summed E-state index contributed by atoms with van der Waals surface area (Å²) in [7, 11) is 0. The predicted molar refractivity (Wildman–Crippen MR) is 75.1 cm³/mol. The van der Waals surface area contributed by atoms with E-state index < -0.39 is 23.7 Å². The number of aromatic nitrogens is 3. The van der Waals surface area contributed by atoms with Gasteiger partial charge in [-0.3, -0.25) is 9.20 Å². The number of hydrogen-bond acceptors (Lipinski definition) is 4. The lowest BCUT2D eigenvalue weighted by Crippen LogP contribution is -2.36. The predicted octanol–water partition coefficient (Wildman–Crippen LogP) is 1.41. The van der Waals surface area contributed by atoms with Crippen LogP contribution in [0.4, 0.5) is 18.0 Å². The summed E-state index contributed by atoms with van der Waals surface area (Å²) in [5, 5.41) is 20.8. The molecular formula is C13H14F3N5O3. The average Bonchev–Trinajstić information content (AvgIpc) is 2.91. The van der Waals surface area contributed by atoms with Crippen molar-refractivity contribution in [2.45, 2.75) is 25.6 Å². The zero-order chi connectivity index (χ0) is 17.7. The first-order chi connectivity index (χ1) is 11.3. The van der Waals surface area contributed by atoms with Crippen molar-refractivity contribution in [3.05, 3.63) is 29.7 Å². The molecule has 2 aromatic rings. The number of fused-ring (bicyclic) bond motifs is 1. The van der Waals surface area contributed by atoms with Crippen LogP contribution < -0.4 is 10.6 Å². The van der Waals surface area contributed by atoms with E-state index in [9.17, 15) is 22.8 Å². The van der Waals surface area contributed by atoms with Gasteiger partial charge in [0, 0.05) is 19.2 Å². The fourth-order valence-electron chi connectivity index (χ4n) is 1.89. The normalized spacial score (nSPS) is 11.5. The Labute approximate surface area is 133 Å². The first-order valence-electron chi connectivity index (χ1n) is 6.92. The SMILES string of the molecule is O=C(O)CCCNC(=O)NCc1nnc2ccc(C(F)(F)F)cn12. The molecule has 0 radical (unpaired) electrons. The van der Waals surface area contributed by atoms with Gasteiger partial charge in [-0.25, -0.2) is 4.79 Å². The Bertz CT molecular complexity index is 744. The highest BCUT2D eigenvalue weighted by Crippen LogP contribution is 2.29. The molecule has 24 heavy (non-hydrogen) atoms. The second-order valence-corrected chi connectivity index (χ2v) is 4.87. The molecule has 2 aromatic heterocycles. The number of urea groups is 1. The quantitative estimate of drug-likeness (QED) is 0.686. The summed E-state index contributed by atoms with van der Waals surface area (Å²) in [4.78, 5) is 21.9. The fraction of sp³-hybridized carbons (Fsp3) is 0.385. The highest BCUT2D eigenvalue weighted by atomic mass is 19.4. The van der Waals surface area contributed by atoms with Gasteiger partial charge in [0.05, 0.1) is 12.1 Å². The molecule has 0 saturated heterocycles. The Hall–Kier alpha value is -2.85. The monoisotopic (exact) mass is 345 g/mol. The molecule has 2 rings (SSSR count). The van der Waals surface area contributed by atoms with Crippen molar-refractivity contribution in [1.29, 1.82) is 0 Å². The number of aliphatic carboxylic acids is 1. The number of carboxylic acids is 1. The molecule has 2 heterocycles. The van der Waals surface area contributed by atoms with Crippen molar-refractivity contribution in [2.24, 2.45) is 0 Å². The van der Waals surface area contributed by atoms with Crippen LogP contribution in [0.3, 0.4) is 0 Å². The standard InChI is InChI=1S/C13H14F3N5O3/c14-13(15,16)8-3-4-9-19-20-10(21(9)7-8)6-18-12(24)17-5-1-2-11(22)23/h3-4,7H,1-2,5-6H2,(H,22,23)(H2,17,18,24).